The van der Waals surface area contributed by atoms with Crippen molar-refractivity contribution < 1.29 is 8.42 Å². The second-order valence-corrected chi connectivity index (χ2v) is 9.21. The highest BCUT2D eigenvalue weighted by Crippen LogP contribution is 2.35. The maximum Gasteiger partial charge on any atom is 0.281 e. The van der Waals surface area contributed by atoms with E-state index in [1.54, 1.807) is 8.61 Å². The highest BCUT2D eigenvalue weighted by Gasteiger charge is 2.36. The van der Waals surface area contributed by atoms with Crippen LogP contribution >= 0.6 is 0 Å². The lowest BCUT2D eigenvalue weighted by Gasteiger charge is -2.40. The molecule has 0 bridgehead atoms. The maximum absolute atomic E-state index is 12.6. The molecular weight excluding hydrogens is 274 g/mol. The SMILES string of the molecule is CC(C)(C)C1CCN(S(=O)(=O)N2CCC(N)CC2)CC1. The van der Waals surface area contributed by atoms with Crippen LogP contribution in [-0.4, -0.2) is 49.2 Å². The van der Waals surface area contributed by atoms with Gasteiger partial charge in [-0.3, -0.25) is 0 Å². The molecule has 2 rings (SSSR count). The third-order valence-corrected chi connectivity index (χ3v) is 6.87. The van der Waals surface area contributed by atoms with Gasteiger partial charge in [0.25, 0.3) is 10.2 Å². The van der Waals surface area contributed by atoms with Gasteiger partial charge in [-0.25, -0.2) is 0 Å². The van der Waals surface area contributed by atoms with Gasteiger partial charge in [0.05, 0.1) is 0 Å². The standard InChI is InChI=1S/C14H29N3O2S/c1-14(2,3)12-4-8-16(9-5-12)20(18,19)17-10-6-13(15)7-11-17/h12-13H,4-11,15H2,1-3H3. The summed E-state index contributed by atoms with van der Waals surface area (Å²) in [6.07, 6.45) is 3.49. The van der Waals surface area contributed by atoms with Crippen molar-refractivity contribution in [2.45, 2.75) is 52.5 Å². The summed E-state index contributed by atoms with van der Waals surface area (Å²) in [6, 6.07) is 0.160. The fourth-order valence-corrected chi connectivity index (χ4v) is 4.89. The first-order chi connectivity index (χ1) is 9.21. The normalized spacial score (nSPS) is 26.0. The summed E-state index contributed by atoms with van der Waals surface area (Å²) in [7, 11) is -3.27. The van der Waals surface area contributed by atoms with Crippen molar-refractivity contribution >= 4 is 10.2 Å². The molecule has 0 radical (unpaired) electrons. The summed E-state index contributed by atoms with van der Waals surface area (Å²) in [6.45, 7) is 9.20. The predicted molar refractivity (Wildman–Crippen MR) is 81.5 cm³/mol. The minimum atomic E-state index is -3.27. The molecule has 0 unspecified atom stereocenters. The maximum atomic E-state index is 12.6. The molecule has 6 heteroatoms. The lowest BCUT2D eigenvalue weighted by molar-refractivity contribution is 0.148. The van der Waals surface area contributed by atoms with Crippen LogP contribution in [0, 0.1) is 11.3 Å². The monoisotopic (exact) mass is 303 g/mol. The van der Waals surface area contributed by atoms with E-state index >= 15 is 0 Å². The molecule has 2 aliphatic rings. The Kier molecular flexibility index (Phi) is 4.79. The van der Waals surface area contributed by atoms with Crippen LogP contribution in [0.4, 0.5) is 0 Å². The Morgan fingerprint density at radius 3 is 1.70 bits per heavy atom. The first-order valence-corrected chi connectivity index (χ1v) is 9.12. The van der Waals surface area contributed by atoms with Crippen LogP contribution < -0.4 is 5.73 Å². The van der Waals surface area contributed by atoms with Gasteiger partial charge in [-0.15, -0.1) is 0 Å². The second kappa shape index (κ2) is 5.91. The average molecular weight is 303 g/mol. The molecule has 2 aliphatic heterocycles. The topological polar surface area (TPSA) is 66.6 Å². The Balaban J connectivity index is 1.95. The number of piperidine rings is 2. The summed E-state index contributed by atoms with van der Waals surface area (Å²) < 4.78 is 28.5. The van der Waals surface area contributed by atoms with Gasteiger partial charge in [-0.2, -0.15) is 17.0 Å². The minimum Gasteiger partial charge on any atom is -0.328 e. The average Bonchev–Trinajstić information content (AvgIpc) is 2.38. The summed E-state index contributed by atoms with van der Waals surface area (Å²) in [5.41, 5.74) is 6.12. The van der Waals surface area contributed by atoms with Crippen LogP contribution in [0.15, 0.2) is 0 Å². The van der Waals surface area contributed by atoms with Crippen molar-refractivity contribution in [1.82, 2.24) is 8.61 Å². The van der Waals surface area contributed by atoms with Crippen LogP contribution in [0.25, 0.3) is 0 Å². The number of nitrogens with two attached hydrogens (primary N) is 1. The molecule has 0 aromatic rings. The smallest absolute Gasteiger partial charge is 0.281 e. The van der Waals surface area contributed by atoms with E-state index in [0.717, 1.165) is 25.7 Å². The fraction of sp³-hybridized carbons (Fsp3) is 1.00. The fourth-order valence-electron chi connectivity index (χ4n) is 3.22. The third-order valence-electron chi connectivity index (χ3n) is 4.83. The lowest BCUT2D eigenvalue weighted by atomic mass is 9.76. The molecule has 0 aliphatic carbocycles. The Bertz CT molecular complexity index is 414. The summed E-state index contributed by atoms with van der Waals surface area (Å²) in [5.74, 6) is 0.615. The largest absolute Gasteiger partial charge is 0.328 e. The van der Waals surface area contributed by atoms with Gasteiger partial charge < -0.3 is 5.73 Å². The van der Waals surface area contributed by atoms with E-state index in [1.165, 1.54) is 0 Å². The van der Waals surface area contributed by atoms with Crippen molar-refractivity contribution in [3.05, 3.63) is 0 Å². The van der Waals surface area contributed by atoms with Gasteiger partial charge in [0.2, 0.25) is 0 Å². The summed E-state index contributed by atoms with van der Waals surface area (Å²) in [4.78, 5) is 0. The van der Waals surface area contributed by atoms with Crippen molar-refractivity contribution in [3.8, 4) is 0 Å². The van der Waals surface area contributed by atoms with E-state index < -0.39 is 10.2 Å². The summed E-state index contributed by atoms with van der Waals surface area (Å²) >= 11 is 0. The van der Waals surface area contributed by atoms with E-state index in [-0.39, 0.29) is 11.5 Å². The molecular formula is C14H29N3O2S. The molecule has 2 heterocycles. The molecule has 2 saturated heterocycles. The number of nitrogens with zero attached hydrogens (tertiary/aromatic N) is 2. The van der Waals surface area contributed by atoms with E-state index in [1.807, 2.05) is 0 Å². The molecule has 5 nitrogen and oxygen atoms in total. The first kappa shape index (κ1) is 16.2. The number of hydrogen-bond donors (Lipinski definition) is 1. The molecule has 20 heavy (non-hydrogen) atoms. The minimum absolute atomic E-state index is 0.160. The predicted octanol–water partition coefficient (Wildman–Crippen LogP) is 1.41. The van der Waals surface area contributed by atoms with E-state index in [2.05, 4.69) is 20.8 Å². The van der Waals surface area contributed by atoms with Crippen LogP contribution in [0.5, 0.6) is 0 Å². The van der Waals surface area contributed by atoms with Gasteiger partial charge in [-0.1, -0.05) is 20.8 Å². The van der Waals surface area contributed by atoms with E-state index in [4.69, 9.17) is 5.73 Å². The number of hydrogen-bond acceptors (Lipinski definition) is 3. The van der Waals surface area contributed by atoms with Crippen molar-refractivity contribution in [3.63, 3.8) is 0 Å². The molecule has 2 N–H and O–H groups in total. The Morgan fingerprint density at radius 1 is 0.900 bits per heavy atom. The van der Waals surface area contributed by atoms with Gasteiger partial charge in [0.15, 0.2) is 0 Å². The molecule has 0 saturated carbocycles. The van der Waals surface area contributed by atoms with E-state index in [0.29, 0.717) is 32.1 Å². The quantitative estimate of drug-likeness (QED) is 0.839. The molecule has 0 amide bonds. The van der Waals surface area contributed by atoms with Gasteiger partial charge in [-0.05, 0) is 37.0 Å². The lowest BCUT2D eigenvalue weighted by Crippen LogP contribution is -2.51. The van der Waals surface area contributed by atoms with Crippen LogP contribution in [-0.2, 0) is 10.2 Å². The van der Waals surface area contributed by atoms with Gasteiger partial charge >= 0.3 is 0 Å². The van der Waals surface area contributed by atoms with Crippen LogP contribution in [0.1, 0.15) is 46.5 Å². The Morgan fingerprint density at radius 2 is 1.30 bits per heavy atom. The highest BCUT2D eigenvalue weighted by atomic mass is 32.2. The van der Waals surface area contributed by atoms with Gasteiger partial charge in [0.1, 0.15) is 0 Å². The van der Waals surface area contributed by atoms with Crippen molar-refractivity contribution in [1.29, 1.82) is 0 Å². The zero-order chi connectivity index (χ0) is 15.0. The molecule has 118 valence electrons. The Hall–Kier alpha value is -0.170. The highest BCUT2D eigenvalue weighted by molar-refractivity contribution is 7.86. The molecule has 0 atom stereocenters. The first-order valence-electron chi connectivity index (χ1n) is 7.72. The van der Waals surface area contributed by atoms with Crippen molar-refractivity contribution in [2.75, 3.05) is 26.2 Å². The Labute approximate surface area is 123 Å². The zero-order valence-electron chi connectivity index (χ0n) is 13.0. The van der Waals surface area contributed by atoms with Gasteiger partial charge in [0, 0.05) is 32.2 Å². The van der Waals surface area contributed by atoms with E-state index in [9.17, 15) is 8.42 Å². The zero-order valence-corrected chi connectivity index (χ0v) is 13.8. The second-order valence-electron chi connectivity index (χ2n) is 7.28. The molecule has 0 spiro atoms. The van der Waals surface area contributed by atoms with Crippen LogP contribution in [0.3, 0.4) is 0 Å². The molecule has 0 aromatic carbocycles. The molecule has 0 aromatic heterocycles. The third kappa shape index (κ3) is 3.53. The van der Waals surface area contributed by atoms with Crippen molar-refractivity contribution in [2.24, 2.45) is 17.1 Å². The summed E-state index contributed by atoms with van der Waals surface area (Å²) in [5, 5.41) is 0. The number of rotatable bonds is 2. The van der Waals surface area contributed by atoms with Crippen LogP contribution in [0.2, 0.25) is 0 Å². The molecule has 2 fully saturated rings.